The summed E-state index contributed by atoms with van der Waals surface area (Å²) in [6, 6.07) is 17.0. The van der Waals surface area contributed by atoms with E-state index in [0.717, 1.165) is 53.8 Å². The maximum Gasteiger partial charge on any atom is 0.187 e. The van der Waals surface area contributed by atoms with E-state index in [1.54, 1.807) is 0 Å². The van der Waals surface area contributed by atoms with Crippen molar-refractivity contribution in [1.82, 2.24) is 19.9 Å². The van der Waals surface area contributed by atoms with Gasteiger partial charge in [-0.15, -0.1) is 5.10 Å². The first-order valence-electron chi connectivity index (χ1n) is 13.3. The van der Waals surface area contributed by atoms with E-state index in [1.807, 2.05) is 23.0 Å². The van der Waals surface area contributed by atoms with Crippen LogP contribution in [0, 0.1) is 0 Å². The molecule has 1 aliphatic rings. The Kier molecular flexibility index (Phi) is 9.01. The molecule has 0 bridgehead atoms. The van der Waals surface area contributed by atoms with Crippen molar-refractivity contribution in [1.29, 1.82) is 0 Å². The molecule has 0 radical (unpaired) electrons. The van der Waals surface area contributed by atoms with Crippen LogP contribution in [0.15, 0.2) is 65.9 Å². The molecule has 0 spiro atoms. The number of rotatable bonds is 10. The van der Waals surface area contributed by atoms with Crippen molar-refractivity contribution in [2.75, 3.05) is 13.1 Å². The lowest BCUT2D eigenvalue weighted by Crippen LogP contribution is -2.37. The molecule has 3 aromatic rings. The van der Waals surface area contributed by atoms with Gasteiger partial charge >= 0.3 is 0 Å². The van der Waals surface area contributed by atoms with Gasteiger partial charge in [-0.2, -0.15) is 0 Å². The molecule has 1 fully saturated rings. The van der Waals surface area contributed by atoms with Gasteiger partial charge in [0.2, 0.25) is 0 Å². The Balaban J connectivity index is 1.58. The zero-order chi connectivity index (χ0) is 25.3. The predicted molar refractivity (Wildman–Crippen MR) is 147 cm³/mol. The molecule has 0 N–H and O–H groups in total. The van der Waals surface area contributed by atoms with Gasteiger partial charge in [0.15, 0.2) is 5.78 Å². The second-order valence-electron chi connectivity index (χ2n) is 9.68. The van der Waals surface area contributed by atoms with Crippen LogP contribution in [0.25, 0.3) is 12.2 Å². The predicted octanol–water partition coefficient (Wildman–Crippen LogP) is 6.15. The van der Waals surface area contributed by atoms with Gasteiger partial charge in [-0.25, -0.2) is 0 Å². The number of hydrogen-bond donors (Lipinski definition) is 0. The van der Waals surface area contributed by atoms with Crippen molar-refractivity contribution < 1.29 is 4.79 Å². The van der Waals surface area contributed by atoms with Gasteiger partial charge in [-0.05, 0) is 53.7 Å². The van der Waals surface area contributed by atoms with Crippen LogP contribution >= 0.6 is 0 Å². The molecule has 0 atom stereocenters. The summed E-state index contributed by atoms with van der Waals surface area (Å²) in [6.07, 6.45) is 11.7. The van der Waals surface area contributed by atoms with Crippen LogP contribution in [0.5, 0.6) is 0 Å². The molecule has 1 aromatic heterocycles. The van der Waals surface area contributed by atoms with Crippen LogP contribution < -0.4 is 0 Å². The monoisotopic (exact) mass is 482 g/mol. The lowest BCUT2D eigenvalue weighted by Gasteiger charge is -2.29. The quantitative estimate of drug-likeness (QED) is 0.257. The molecule has 1 aliphatic heterocycles. The third kappa shape index (κ3) is 6.88. The smallest absolute Gasteiger partial charge is 0.187 e. The normalized spacial score (nSPS) is 16.8. The summed E-state index contributed by atoms with van der Waals surface area (Å²) in [5, 5.41) is 8.73. The van der Waals surface area contributed by atoms with Crippen molar-refractivity contribution in [3.63, 3.8) is 0 Å². The number of ketones is 1. The highest BCUT2D eigenvalue weighted by molar-refractivity contribution is 6.14. The zero-order valence-corrected chi connectivity index (χ0v) is 21.9. The second kappa shape index (κ2) is 12.6. The maximum absolute atomic E-state index is 13.5. The fourth-order valence-electron chi connectivity index (χ4n) is 4.60. The molecular weight excluding hydrogens is 444 g/mol. The minimum absolute atomic E-state index is 0.133. The number of unbranched alkanes of at least 4 members (excludes halogenated alkanes) is 2. The molecule has 36 heavy (non-hydrogen) atoms. The topological polar surface area (TPSA) is 51.0 Å². The van der Waals surface area contributed by atoms with Gasteiger partial charge in [0.1, 0.15) is 0 Å². The summed E-state index contributed by atoms with van der Waals surface area (Å²) in [5.41, 5.74) is 7.30. The van der Waals surface area contributed by atoms with Crippen molar-refractivity contribution in [3.05, 3.63) is 93.8 Å². The SMILES string of the molecule is CCCCCn1cc(CN2C/C(=C/c3ccc(CC)cc3)C(=O)/C(=C/c3ccc(CC)cc3)C2)nn1. The highest BCUT2D eigenvalue weighted by atomic mass is 16.1. The van der Waals surface area contributed by atoms with E-state index in [4.69, 9.17) is 0 Å². The number of benzene rings is 2. The van der Waals surface area contributed by atoms with Gasteiger partial charge in [-0.3, -0.25) is 14.4 Å². The molecule has 0 aliphatic carbocycles. The lowest BCUT2D eigenvalue weighted by atomic mass is 9.93. The first-order valence-corrected chi connectivity index (χ1v) is 13.3. The standard InChI is InChI=1S/C31H38N4O/c1-4-7-8-17-35-23-30(32-33-35)22-34-20-28(18-26-13-9-24(5-2)10-14-26)31(36)29(21-34)19-27-15-11-25(6-3)12-16-27/h9-16,18-19,23H,4-8,17,20-22H2,1-3H3/b28-18-,29-19+. The molecule has 2 heterocycles. The number of likely N-dealkylation sites (tertiary alicyclic amines) is 1. The number of piperidine rings is 1. The van der Waals surface area contributed by atoms with Crippen LogP contribution in [0.1, 0.15) is 68.0 Å². The van der Waals surface area contributed by atoms with Gasteiger partial charge in [0, 0.05) is 43.5 Å². The van der Waals surface area contributed by atoms with Gasteiger partial charge in [0.05, 0.1) is 5.69 Å². The van der Waals surface area contributed by atoms with Gasteiger partial charge < -0.3 is 0 Å². The van der Waals surface area contributed by atoms with Gasteiger partial charge in [0.25, 0.3) is 0 Å². The summed E-state index contributed by atoms with van der Waals surface area (Å²) in [6.45, 7) is 9.28. The van der Waals surface area contributed by atoms with Crippen LogP contribution in [-0.4, -0.2) is 38.8 Å². The Hall–Kier alpha value is -3.31. The fourth-order valence-corrected chi connectivity index (χ4v) is 4.60. The van der Waals surface area contributed by atoms with Crippen molar-refractivity contribution in [2.24, 2.45) is 0 Å². The minimum Gasteiger partial charge on any atom is -0.289 e. The van der Waals surface area contributed by atoms with E-state index < -0.39 is 0 Å². The first kappa shape index (κ1) is 25.8. The van der Waals surface area contributed by atoms with E-state index in [9.17, 15) is 4.79 Å². The van der Waals surface area contributed by atoms with E-state index in [-0.39, 0.29) is 5.78 Å². The lowest BCUT2D eigenvalue weighted by molar-refractivity contribution is -0.113. The highest BCUT2D eigenvalue weighted by Crippen LogP contribution is 2.24. The number of aryl methyl sites for hydroxylation is 3. The molecule has 5 heteroatoms. The Labute approximate surface area is 215 Å². The molecule has 2 aromatic carbocycles. The number of carbonyl (C=O) groups excluding carboxylic acids is 1. The van der Waals surface area contributed by atoms with E-state index in [1.165, 1.54) is 24.0 Å². The molecule has 0 amide bonds. The summed E-state index contributed by atoms with van der Waals surface area (Å²) in [7, 11) is 0. The van der Waals surface area contributed by atoms with Crippen LogP contribution in [-0.2, 0) is 30.7 Å². The van der Waals surface area contributed by atoms with Crippen LogP contribution in [0.2, 0.25) is 0 Å². The average molecular weight is 483 g/mol. The number of carbonyl (C=O) groups is 1. The van der Waals surface area contributed by atoms with E-state index in [2.05, 4.69) is 84.5 Å². The summed E-state index contributed by atoms with van der Waals surface area (Å²) in [4.78, 5) is 15.8. The Morgan fingerprint density at radius 2 is 1.36 bits per heavy atom. The highest BCUT2D eigenvalue weighted by Gasteiger charge is 2.26. The largest absolute Gasteiger partial charge is 0.289 e. The molecule has 188 valence electrons. The van der Waals surface area contributed by atoms with Crippen LogP contribution in [0.3, 0.4) is 0 Å². The van der Waals surface area contributed by atoms with E-state index >= 15 is 0 Å². The third-order valence-electron chi connectivity index (χ3n) is 6.79. The minimum atomic E-state index is 0.133. The third-order valence-corrected chi connectivity index (χ3v) is 6.79. The summed E-state index contributed by atoms with van der Waals surface area (Å²) < 4.78 is 1.94. The van der Waals surface area contributed by atoms with Gasteiger partial charge in [-0.1, -0.05) is 87.4 Å². The summed E-state index contributed by atoms with van der Waals surface area (Å²) in [5.74, 6) is 0.133. The number of aromatic nitrogens is 3. The molecule has 4 rings (SSSR count). The van der Waals surface area contributed by atoms with E-state index in [0.29, 0.717) is 19.6 Å². The Morgan fingerprint density at radius 1 is 0.806 bits per heavy atom. The fraction of sp³-hybridized carbons (Fsp3) is 0.387. The van der Waals surface area contributed by atoms with Crippen molar-refractivity contribution in [3.8, 4) is 0 Å². The molecule has 0 unspecified atom stereocenters. The summed E-state index contributed by atoms with van der Waals surface area (Å²) >= 11 is 0. The van der Waals surface area contributed by atoms with Crippen molar-refractivity contribution >= 4 is 17.9 Å². The Bertz CT molecular complexity index is 1130. The number of Topliss-reactive ketones (excluding diaryl/α,β-unsaturated/α-hetero) is 1. The number of hydrogen-bond acceptors (Lipinski definition) is 4. The average Bonchev–Trinajstić information content (AvgIpc) is 3.34. The Morgan fingerprint density at radius 3 is 1.86 bits per heavy atom. The van der Waals surface area contributed by atoms with Crippen molar-refractivity contribution in [2.45, 2.75) is 66.0 Å². The molecular formula is C31H38N4O. The second-order valence-corrected chi connectivity index (χ2v) is 9.68. The molecule has 0 saturated carbocycles. The maximum atomic E-state index is 13.5. The first-order chi connectivity index (χ1) is 17.6. The molecule has 5 nitrogen and oxygen atoms in total. The molecule has 1 saturated heterocycles. The van der Waals surface area contributed by atoms with Crippen LogP contribution in [0.4, 0.5) is 0 Å². The zero-order valence-electron chi connectivity index (χ0n) is 21.9. The number of nitrogens with zero attached hydrogens (tertiary/aromatic N) is 4.